The number of carbonyl (C=O) groups excluding carboxylic acids is 1. The second-order valence-electron chi connectivity index (χ2n) is 7.59. The summed E-state index contributed by atoms with van der Waals surface area (Å²) in [5.74, 6) is 2.17. The van der Waals surface area contributed by atoms with E-state index in [2.05, 4.69) is 20.2 Å². The summed E-state index contributed by atoms with van der Waals surface area (Å²) in [6, 6.07) is 14.7. The van der Waals surface area contributed by atoms with Gasteiger partial charge in [0, 0.05) is 50.0 Å². The van der Waals surface area contributed by atoms with Crippen molar-refractivity contribution >= 4 is 17.7 Å². The summed E-state index contributed by atoms with van der Waals surface area (Å²) in [7, 11) is 0. The van der Waals surface area contributed by atoms with Gasteiger partial charge in [-0.25, -0.2) is 9.37 Å². The number of amides is 1. The number of benzene rings is 2. The Hall–Kier alpha value is -3.68. The second kappa shape index (κ2) is 9.64. The lowest BCUT2D eigenvalue weighted by Crippen LogP contribution is -2.49. The molecule has 0 unspecified atom stereocenters. The normalized spacial score (nSPS) is 13.7. The summed E-state index contributed by atoms with van der Waals surface area (Å²) in [6.45, 7) is 7.25. The third kappa shape index (κ3) is 5.14. The molecule has 2 heterocycles. The van der Waals surface area contributed by atoms with E-state index in [1.54, 1.807) is 36.4 Å². The molecule has 1 aliphatic rings. The molecule has 0 spiro atoms. The van der Waals surface area contributed by atoms with Crippen LogP contribution in [-0.2, 0) is 0 Å². The quantitative estimate of drug-likeness (QED) is 0.628. The fourth-order valence-electron chi connectivity index (χ4n) is 3.59. The van der Waals surface area contributed by atoms with Crippen LogP contribution in [0.5, 0.6) is 11.5 Å². The predicted octanol–water partition coefficient (Wildman–Crippen LogP) is 4.11. The molecule has 0 radical (unpaired) electrons. The molecular weight excluding hydrogens is 409 g/mol. The molecule has 1 fully saturated rings. The van der Waals surface area contributed by atoms with Crippen molar-refractivity contribution in [1.82, 2.24) is 14.9 Å². The first-order valence-corrected chi connectivity index (χ1v) is 10.7. The molecule has 2 aromatic carbocycles. The van der Waals surface area contributed by atoms with Gasteiger partial charge in [0.15, 0.2) is 0 Å². The van der Waals surface area contributed by atoms with Crippen LogP contribution in [0.1, 0.15) is 23.0 Å². The molecule has 1 aromatic heterocycles. The van der Waals surface area contributed by atoms with E-state index >= 15 is 0 Å². The topological polar surface area (TPSA) is 70.6 Å². The lowest BCUT2D eigenvalue weighted by atomic mass is 10.1. The summed E-state index contributed by atoms with van der Waals surface area (Å²) >= 11 is 0. The van der Waals surface area contributed by atoms with Crippen LogP contribution in [0.3, 0.4) is 0 Å². The lowest BCUT2D eigenvalue weighted by molar-refractivity contribution is 0.0746. The first kappa shape index (κ1) is 21.5. The standard InChI is InChI=1S/C24H26FN5O2/c1-3-26-22-15-17(2)27-24(28-22)30-13-11-29(12-14-30)23(31)18-5-4-6-21(16-18)32-20-9-7-19(25)8-10-20/h4-10,15-16H,3,11-14H2,1-2H3,(H,26,27,28). The summed E-state index contributed by atoms with van der Waals surface area (Å²) in [6.07, 6.45) is 0. The number of ether oxygens (including phenoxy) is 1. The Kier molecular flexibility index (Phi) is 6.49. The summed E-state index contributed by atoms with van der Waals surface area (Å²) in [4.78, 5) is 26.1. The maximum Gasteiger partial charge on any atom is 0.254 e. The first-order chi connectivity index (χ1) is 15.5. The second-order valence-corrected chi connectivity index (χ2v) is 7.59. The molecule has 1 aliphatic heterocycles. The Labute approximate surface area is 186 Å². The Morgan fingerprint density at radius 2 is 1.78 bits per heavy atom. The fourth-order valence-corrected chi connectivity index (χ4v) is 3.59. The smallest absolute Gasteiger partial charge is 0.254 e. The van der Waals surface area contributed by atoms with Gasteiger partial charge in [0.25, 0.3) is 5.91 Å². The lowest BCUT2D eigenvalue weighted by Gasteiger charge is -2.35. The van der Waals surface area contributed by atoms with Crippen LogP contribution in [-0.4, -0.2) is 53.5 Å². The minimum atomic E-state index is -0.325. The Balaban J connectivity index is 1.40. The molecule has 8 heteroatoms. The van der Waals surface area contributed by atoms with Crippen molar-refractivity contribution in [1.29, 1.82) is 0 Å². The number of halogens is 1. The SMILES string of the molecule is CCNc1cc(C)nc(N2CCN(C(=O)c3cccc(Oc4ccc(F)cc4)c3)CC2)n1. The molecule has 3 aromatic rings. The molecule has 1 saturated heterocycles. The van der Waals surface area contributed by atoms with Crippen LogP contribution in [0.25, 0.3) is 0 Å². The van der Waals surface area contributed by atoms with Gasteiger partial charge in [-0.3, -0.25) is 4.79 Å². The molecule has 0 saturated carbocycles. The highest BCUT2D eigenvalue weighted by Gasteiger charge is 2.24. The first-order valence-electron chi connectivity index (χ1n) is 10.7. The molecule has 1 N–H and O–H groups in total. The number of hydrogen-bond donors (Lipinski definition) is 1. The van der Waals surface area contributed by atoms with Crippen LogP contribution >= 0.6 is 0 Å². The maximum atomic E-state index is 13.1. The van der Waals surface area contributed by atoms with Crippen LogP contribution in [0, 0.1) is 12.7 Å². The number of rotatable bonds is 6. The molecule has 4 rings (SSSR count). The number of carbonyl (C=O) groups is 1. The molecule has 1 amide bonds. The highest BCUT2D eigenvalue weighted by Crippen LogP contribution is 2.24. The van der Waals surface area contributed by atoms with Gasteiger partial charge in [-0.2, -0.15) is 4.98 Å². The highest BCUT2D eigenvalue weighted by atomic mass is 19.1. The number of piperazine rings is 1. The third-order valence-corrected chi connectivity index (χ3v) is 5.18. The number of anilines is 2. The molecule has 166 valence electrons. The van der Waals surface area contributed by atoms with Crippen molar-refractivity contribution in [3.63, 3.8) is 0 Å². The Morgan fingerprint density at radius 3 is 2.50 bits per heavy atom. The molecule has 7 nitrogen and oxygen atoms in total. The average molecular weight is 436 g/mol. The van der Waals surface area contributed by atoms with Crippen molar-refractivity contribution in [2.24, 2.45) is 0 Å². The third-order valence-electron chi connectivity index (χ3n) is 5.18. The summed E-state index contributed by atoms with van der Waals surface area (Å²) < 4.78 is 18.9. The van der Waals surface area contributed by atoms with Crippen molar-refractivity contribution in [3.8, 4) is 11.5 Å². The van der Waals surface area contributed by atoms with Gasteiger partial charge in [-0.1, -0.05) is 6.07 Å². The average Bonchev–Trinajstić information content (AvgIpc) is 2.80. The van der Waals surface area contributed by atoms with Gasteiger partial charge in [-0.05, 0) is 56.3 Å². The molecular formula is C24H26FN5O2. The van der Waals surface area contributed by atoms with Crippen LogP contribution < -0.4 is 15.0 Å². The number of aryl methyl sites for hydroxylation is 1. The maximum absolute atomic E-state index is 13.1. The van der Waals surface area contributed by atoms with Gasteiger partial charge < -0.3 is 19.9 Å². The van der Waals surface area contributed by atoms with E-state index < -0.39 is 0 Å². The number of hydrogen-bond acceptors (Lipinski definition) is 6. The predicted molar refractivity (Wildman–Crippen MR) is 122 cm³/mol. The van der Waals surface area contributed by atoms with Crippen molar-refractivity contribution in [3.05, 3.63) is 71.7 Å². The van der Waals surface area contributed by atoms with Crippen molar-refractivity contribution < 1.29 is 13.9 Å². The van der Waals surface area contributed by atoms with E-state index in [4.69, 9.17) is 4.74 Å². The highest BCUT2D eigenvalue weighted by molar-refractivity contribution is 5.94. The van der Waals surface area contributed by atoms with Crippen molar-refractivity contribution in [2.75, 3.05) is 42.9 Å². The van der Waals surface area contributed by atoms with E-state index in [0.717, 1.165) is 18.1 Å². The molecule has 0 atom stereocenters. The van der Waals surface area contributed by atoms with E-state index in [0.29, 0.717) is 49.2 Å². The monoisotopic (exact) mass is 435 g/mol. The minimum absolute atomic E-state index is 0.0484. The summed E-state index contributed by atoms with van der Waals surface area (Å²) in [5, 5.41) is 3.23. The van der Waals surface area contributed by atoms with E-state index in [-0.39, 0.29) is 11.7 Å². The Bertz CT molecular complexity index is 1080. The van der Waals surface area contributed by atoms with E-state index in [1.165, 1.54) is 12.1 Å². The van der Waals surface area contributed by atoms with Gasteiger partial charge in [0.2, 0.25) is 5.95 Å². The van der Waals surface area contributed by atoms with E-state index in [9.17, 15) is 9.18 Å². The molecule has 0 bridgehead atoms. The number of nitrogens with zero attached hydrogens (tertiary/aromatic N) is 4. The van der Waals surface area contributed by atoms with Crippen LogP contribution in [0.2, 0.25) is 0 Å². The van der Waals surface area contributed by atoms with Gasteiger partial charge in [0.1, 0.15) is 23.1 Å². The van der Waals surface area contributed by atoms with E-state index in [1.807, 2.05) is 24.8 Å². The Morgan fingerprint density at radius 1 is 1.03 bits per heavy atom. The zero-order valence-electron chi connectivity index (χ0n) is 18.2. The van der Waals surface area contributed by atoms with Gasteiger partial charge in [0.05, 0.1) is 0 Å². The zero-order valence-corrected chi connectivity index (χ0v) is 18.2. The number of aromatic nitrogens is 2. The molecule has 32 heavy (non-hydrogen) atoms. The molecule has 0 aliphatic carbocycles. The largest absolute Gasteiger partial charge is 0.457 e. The fraction of sp³-hybridized carbons (Fsp3) is 0.292. The summed E-state index contributed by atoms with van der Waals surface area (Å²) in [5.41, 5.74) is 1.46. The van der Waals surface area contributed by atoms with Crippen LogP contribution in [0.4, 0.5) is 16.2 Å². The van der Waals surface area contributed by atoms with Gasteiger partial charge in [-0.15, -0.1) is 0 Å². The minimum Gasteiger partial charge on any atom is -0.457 e. The zero-order chi connectivity index (χ0) is 22.5. The van der Waals surface area contributed by atoms with Gasteiger partial charge >= 0.3 is 0 Å². The van der Waals surface area contributed by atoms with Crippen molar-refractivity contribution in [2.45, 2.75) is 13.8 Å². The number of nitrogens with one attached hydrogen (secondary N) is 1. The van der Waals surface area contributed by atoms with Crippen LogP contribution in [0.15, 0.2) is 54.6 Å².